The maximum absolute atomic E-state index is 12.0. The number of carbonyl (C=O) groups excluding carboxylic acids is 2. The van der Waals surface area contributed by atoms with Gasteiger partial charge in [-0.15, -0.1) is 0 Å². The maximum Gasteiger partial charge on any atom is 0.223 e. The molecule has 19 heavy (non-hydrogen) atoms. The fraction of sp³-hybridized carbons (Fsp3) is 0.857. The summed E-state index contributed by atoms with van der Waals surface area (Å²) in [7, 11) is 0. The summed E-state index contributed by atoms with van der Waals surface area (Å²) >= 11 is 0. The van der Waals surface area contributed by atoms with Gasteiger partial charge in [0.15, 0.2) is 0 Å². The van der Waals surface area contributed by atoms with Gasteiger partial charge < -0.3 is 15.7 Å². The minimum absolute atomic E-state index is 0.0792. The molecule has 0 bridgehead atoms. The van der Waals surface area contributed by atoms with Crippen LogP contribution in [0.15, 0.2) is 0 Å². The van der Waals surface area contributed by atoms with Gasteiger partial charge >= 0.3 is 0 Å². The lowest BCUT2D eigenvalue weighted by atomic mass is 9.88. The molecule has 0 aromatic rings. The van der Waals surface area contributed by atoms with E-state index < -0.39 is 6.10 Å². The molecule has 0 spiro atoms. The first-order valence-electron chi connectivity index (χ1n) is 7.24. The van der Waals surface area contributed by atoms with Crippen molar-refractivity contribution in [1.29, 1.82) is 0 Å². The highest BCUT2D eigenvalue weighted by atomic mass is 16.3. The molecule has 0 radical (unpaired) electrons. The fourth-order valence-electron chi connectivity index (χ4n) is 2.39. The minimum atomic E-state index is -0.545. The summed E-state index contributed by atoms with van der Waals surface area (Å²) in [4.78, 5) is 23.5. The quantitative estimate of drug-likeness (QED) is 0.672. The zero-order valence-electron chi connectivity index (χ0n) is 11.9. The normalized spacial score (nSPS) is 19.5. The van der Waals surface area contributed by atoms with Crippen LogP contribution in [0.5, 0.6) is 0 Å². The first-order chi connectivity index (χ1) is 8.99. The second kappa shape index (κ2) is 8.15. The summed E-state index contributed by atoms with van der Waals surface area (Å²) in [6.45, 7) is 3.71. The zero-order chi connectivity index (χ0) is 14.3. The summed E-state index contributed by atoms with van der Waals surface area (Å²) in [5.74, 6) is 0.0598. The summed E-state index contributed by atoms with van der Waals surface area (Å²) in [6, 6.07) is -0.163. The Balaban J connectivity index is 2.23. The van der Waals surface area contributed by atoms with Crippen LogP contribution in [0.3, 0.4) is 0 Å². The molecule has 5 nitrogen and oxygen atoms in total. The molecule has 2 amide bonds. The van der Waals surface area contributed by atoms with Crippen LogP contribution in [0.4, 0.5) is 0 Å². The third-order valence-electron chi connectivity index (χ3n) is 3.45. The Labute approximate surface area is 115 Å². The first kappa shape index (κ1) is 16.0. The predicted octanol–water partition coefficient (Wildman–Crippen LogP) is 0.958. The van der Waals surface area contributed by atoms with E-state index in [4.69, 9.17) is 5.11 Å². The molecule has 1 fully saturated rings. The number of aliphatic hydroxyl groups excluding tert-OH is 1. The van der Waals surface area contributed by atoms with Crippen LogP contribution in [0.1, 0.15) is 52.4 Å². The van der Waals surface area contributed by atoms with Crippen LogP contribution in [-0.2, 0) is 9.59 Å². The second-order valence-electron chi connectivity index (χ2n) is 5.60. The molecule has 1 saturated carbocycles. The molecule has 0 saturated heterocycles. The van der Waals surface area contributed by atoms with Crippen LogP contribution in [0, 0.1) is 5.92 Å². The Morgan fingerprint density at radius 3 is 2.42 bits per heavy atom. The Hall–Kier alpha value is -1.10. The van der Waals surface area contributed by atoms with Crippen molar-refractivity contribution in [2.75, 3.05) is 6.54 Å². The Morgan fingerprint density at radius 2 is 1.84 bits per heavy atom. The molecular weight excluding hydrogens is 244 g/mol. The molecule has 3 N–H and O–H groups in total. The van der Waals surface area contributed by atoms with Gasteiger partial charge in [-0.3, -0.25) is 9.59 Å². The van der Waals surface area contributed by atoms with Gasteiger partial charge in [-0.1, -0.05) is 19.3 Å². The number of hydrogen-bond donors (Lipinski definition) is 3. The molecule has 1 aliphatic carbocycles. The third kappa shape index (κ3) is 6.57. The van der Waals surface area contributed by atoms with Gasteiger partial charge in [0.25, 0.3) is 0 Å². The smallest absolute Gasteiger partial charge is 0.223 e. The van der Waals surface area contributed by atoms with E-state index in [1.54, 1.807) is 6.92 Å². The van der Waals surface area contributed by atoms with Gasteiger partial charge in [-0.2, -0.15) is 0 Å². The molecule has 5 heteroatoms. The molecule has 110 valence electrons. The van der Waals surface area contributed by atoms with E-state index in [9.17, 15) is 9.59 Å². The largest absolute Gasteiger partial charge is 0.392 e. The van der Waals surface area contributed by atoms with Crippen molar-refractivity contribution in [1.82, 2.24) is 10.6 Å². The molecular formula is C14H26N2O3. The van der Waals surface area contributed by atoms with E-state index in [1.165, 1.54) is 6.42 Å². The van der Waals surface area contributed by atoms with Crippen LogP contribution >= 0.6 is 0 Å². The number of hydrogen-bond acceptors (Lipinski definition) is 3. The molecule has 0 heterocycles. The molecule has 0 aliphatic heterocycles. The molecule has 2 unspecified atom stereocenters. The van der Waals surface area contributed by atoms with Crippen molar-refractivity contribution in [3.8, 4) is 0 Å². The monoisotopic (exact) mass is 270 g/mol. The lowest BCUT2D eigenvalue weighted by molar-refractivity contribution is -0.127. The minimum Gasteiger partial charge on any atom is -0.392 e. The van der Waals surface area contributed by atoms with E-state index in [0.29, 0.717) is 0 Å². The van der Waals surface area contributed by atoms with Crippen LogP contribution in [0.2, 0.25) is 0 Å². The van der Waals surface area contributed by atoms with E-state index in [0.717, 1.165) is 25.7 Å². The summed E-state index contributed by atoms with van der Waals surface area (Å²) in [5, 5.41) is 14.6. The van der Waals surface area contributed by atoms with Crippen molar-refractivity contribution in [2.45, 2.75) is 64.5 Å². The number of nitrogens with one attached hydrogen (secondary N) is 2. The first-order valence-corrected chi connectivity index (χ1v) is 7.24. The summed E-state index contributed by atoms with van der Waals surface area (Å²) in [6.07, 6.45) is 5.12. The highest BCUT2D eigenvalue weighted by molar-refractivity contribution is 5.81. The van der Waals surface area contributed by atoms with Gasteiger partial charge in [-0.25, -0.2) is 0 Å². The van der Waals surface area contributed by atoms with Crippen molar-refractivity contribution in [2.24, 2.45) is 5.92 Å². The molecule has 1 rings (SSSR count). The molecule has 2 atom stereocenters. The standard InChI is InChI=1S/C14H26N2O3/c1-10(8-13(18)15-9-11(2)17)16-14(19)12-6-4-3-5-7-12/h10-12,17H,3-9H2,1-2H3,(H,15,18)(H,16,19). The van der Waals surface area contributed by atoms with E-state index in [-0.39, 0.29) is 36.7 Å². The Kier molecular flexibility index (Phi) is 6.84. The summed E-state index contributed by atoms with van der Waals surface area (Å²) in [5.41, 5.74) is 0. The van der Waals surface area contributed by atoms with E-state index in [1.807, 2.05) is 6.92 Å². The highest BCUT2D eigenvalue weighted by Gasteiger charge is 2.22. The van der Waals surface area contributed by atoms with Gasteiger partial charge in [-0.05, 0) is 26.7 Å². The van der Waals surface area contributed by atoms with E-state index in [2.05, 4.69) is 10.6 Å². The second-order valence-corrected chi connectivity index (χ2v) is 5.60. The number of rotatable bonds is 6. The predicted molar refractivity (Wildman–Crippen MR) is 73.5 cm³/mol. The van der Waals surface area contributed by atoms with Crippen molar-refractivity contribution in [3.63, 3.8) is 0 Å². The SMILES string of the molecule is CC(O)CNC(=O)CC(C)NC(=O)C1CCCCC1. The molecule has 0 aromatic heterocycles. The number of carbonyl (C=O) groups is 2. The van der Waals surface area contributed by atoms with Crippen molar-refractivity contribution >= 4 is 11.8 Å². The van der Waals surface area contributed by atoms with Crippen LogP contribution in [0.25, 0.3) is 0 Å². The topological polar surface area (TPSA) is 78.4 Å². The van der Waals surface area contributed by atoms with Crippen molar-refractivity contribution < 1.29 is 14.7 Å². The summed E-state index contributed by atoms with van der Waals surface area (Å²) < 4.78 is 0. The average molecular weight is 270 g/mol. The number of amides is 2. The van der Waals surface area contributed by atoms with Gasteiger partial charge in [0, 0.05) is 24.9 Å². The highest BCUT2D eigenvalue weighted by Crippen LogP contribution is 2.23. The van der Waals surface area contributed by atoms with Crippen molar-refractivity contribution in [3.05, 3.63) is 0 Å². The molecule has 1 aliphatic rings. The van der Waals surface area contributed by atoms with Gasteiger partial charge in [0.2, 0.25) is 11.8 Å². The zero-order valence-corrected chi connectivity index (χ0v) is 11.9. The maximum atomic E-state index is 12.0. The van der Waals surface area contributed by atoms with Crippen LogP contribution in [-0.4, -0.2) is 35.6 Å². The molecule has 0 aromatic carbocycles. The Morgan fingerprint density at radius 1 is 1.21 bits per heavy atom. The third-order valence-corrected chi connectivity index (χ3v) is 3.45. The number of aliphatic hydroxyl groups is 1. The van der Waals surface area contributed by atoms with E-state index >= 15 is 0 Å². The average Bonchev–Trinajstić information content (AvgIpc) is 2.37. The Bertz CT molecular complexity index is 299. The van der Waals surface area contributed by atoms with Gasteiger partial charge in [0.1, 0.15) is 0 Å². The lowest BCUT2D eigenvalue weighted by Gasteiger charge is -2.23. The van der Waals surface area contributed by atoms with Gasteiger partial charge in [0.05, 0.1) is 6.10 Å². The fourth-order valence-corrected chi connectivity index (χ4v) is 2.39. The lowest BCUT2D eigenvalue weighted by Crippen LogP contribution is -2.41. The van der Waals surface area contributed by atoms with Crippen LogP contribution < -0.4 is 10.6 Å².